The van der Waals surface area contributed by atoms with E-state index in [2.05, 4.69) is 22.2 Å². The van der Waals surface area contributed by atoms with E-state index >= 15 is 0 Å². The highest BCUT2D eigenvalue weighted by Gasteiger charge is 2.49. The average Bonchev–Trinajstić information content (AvgIpc) is 3.39. The molecular weight excluding hydrogens is 390 g/mol. The van der Waals surface area contributed by atoms with Crippen LogP contribution in [0.2, 0.25) is 0 Å². The van der Waals surface area contributed by atoms with E-state index in [1.807, 2.05) is 30.3 Å². The zero-order valence-electron chi connectivity index (χ0n) is 18.2. The molecule has 1 aromatic carbocycles. The maximum absolute atomic E-state index is 13.7. The molecule has 0 bridgehead atoms. The molecule has 1 saturated carbocycles. The lowest BCUT2D eigenvalue weighted by Crippen LogP contribution is -2.45. The van der Waals surface area contributed by atoms with Gasteiger partial charge in [-0.25, -0.2) is 14.8 Å². The summed E-state index contributed by atoms with van der Waals surface area (Å²) in [6, 6.07) is 11.0. The van der Waals surface area contributed by atoms with Crippen LogP contribution in [0.3, 0.4) is 0 Å². The van der Waals surface area contributed by atoms with Crippen LogP contribution < -0.4 is 5.32 Å². The number of carbonyl (C=O) groups is 1. The number of nitrogens with zero attached hydrogens (tertiary/aromatic N) is 2. The van der Waals surface area contributed by atoms with Crippen LogP contribution in [-0.4, -0.2) is 34.1 Å². The van der Waals surface area contributed by atoms with Crippen molar-refractivity contribution < 1.29 is 14.6 Å². The number of aromatic nitrogens is 2. The third kappa shape index (κ3) is 4.65. The number of esters is 1. The van der Waals surface area contributed by atoms with Gasteiger partial charge in [-0.15, -0.1) is 0 Å². The number of piperidine rings is 1. The summed E-state index contributed by atoms with van der Waals surface area (Å²) in [5, 5.41) is 15.3. The average molecular weight is 424 g/mol. The van der Waals surface area contributed by atoms with Gasteiger partial charge in [0.1, 0.15) is 0 Å². The normalized spacial score (nSPS) is 23.6. The van der Waals surface area contributed by atoms with Gasteiger partial charge in [0, 0.05) is 24.2 Å². The molecule has 0 radical (unpaired) electrons. The zero-order chi connectivity index (χ0) is 21.7. The van der Waals surface area contributed by atoms with Gasteiger partial charge in [0.05, 0.1) is 0 Å². The Morgan fingerprint density at radius 2 is 1.81 bits per heavy atom. The van der Waals surface area contributed by atoms with E-state index in [4.69, 9.17) is 4.74 Å². The first kappa shape index (κ1) is 21.9. The van der Waals surface area contributed by atoms with Gasteiger partial charge >= 0.3 is 5.97 Å². The summed E-state index contributed by atoms with van der Waals surface area (Å²) in [7, 11) is 0. The van der Waals surface area contributed by atoms with Gasteiger partial charge in [0.2, 0.25) is 0 Å². The third-order valence-corrected chi connectivity index (χ3v) is 7.10. The number of aliphatic hydroxyl groups is 1. The zero-order valence-corrected chi connectivity index (χ0v) is 18.2. The maximum atomic E-state index is 13.7. The van der Waals surface area contributed by atoms with Gasteiger partial charge in [0.25, 0.3) is 0 Å². The fourth-order valence-corrected chi connectivity index (χ4v) is 5.19. The van der Waals surface area contributed by atoms with E-state index in [9.17, 15) is 9.90 Å². The van der Waals surface area contributed by atoms with Crippen LogP contribution in [0.5, 0.6) is 0 Å². The van der Waals surface area contributed by atoms with Crippen molar-refractivity contribution >= 4 is 5.97 Å². The third-order valence-electron chi connectivity index (χ3n) is 7.10. The van der Waals surface area contributed by atoms with E-state index < -0.39 is 17.7 Å². The van der Waals surface area contributed by atoms with Crippen LogP contribution in [0, 0.1) is 17.8 Å². The molecule has 166 valence electrons. The highest BCUT2D eigenvalue weighted by Crippen LogP contribution is 2.43. The van der Waals surface area contributed by atoms with E-state index in [0.717, 1.165) is 51.6 Å². The Balaban J connectivity index is 1.64. The number of carbonyl (C=O) groups excluding carboxylic acids is 1. The molecule has 2 fully saturated rings. The van der Waals surface area contributed by atoms with Gasteiger partial charge in [-0.3, -0.25) is 0 Å². The van der Waals surface area contributed by atoms with Crippen LogP contribution in [-0.2, 0) is 15.1 Å². The molecule has 1 aromatic heterocycles. The molecule has 4 atom stereocenters. The monoisotopic (exact) mass is 423 g/mol. The van der Waals surface area contributed by atoms with Crippen molar-refractivity contribution in [2.75, 3.05) is 13.1 Å². The second-order valence-electron chi connectivity index (χ2n) is 9.01. The van der Waals surface area contributed by atoms with E-state index in [1.165, 1.54) is 0 Å². The second kappa shape index (κ2) is 9.88. The smallest absolute Gasteiger partial charge is 0.343 e. The quantitative estimate of drug-likeness (QED) is 0.660. The van der Waals surface area contributed by atoms with E-state index in [0.29, 0.717) is 17.3 Å². The van der Waals surface area contributed by atoms with Crippen molar-refractivity contribution in [1.82, 2.24) is 15.3 Å². The molecule has 31 heavy (non-hydrogen) atoms. The molecule has 0 spiro atoms. The minimum atomic E-state index is -1.66. The van der Waals surface area contributed by atoms with E-state index in [1.54, 1.807) is 18.5 Å². The second-order valence-corrected chi connectivity index (χ2v) is 9.01. The minimum Gasteiger partial charge on any atom is -0.451 e. The van der Waals surface area contributed by atoms with Crippen molar-refractivity contribution in [3.05, 3.63) is 60.2 Å². The van der Waals surface area contributed by atoms with Crippen molar-refractivity contribution in [2.45, 2.75) is 57.2 Å². The summed E-state index contributed by atoms with van der Waals surface area (Å²) in [4.78, 5) is 22.5. The van der Waals surface area contributed by atoms with Gasteiger partial charge < -0.3 is 15.2 Å². The minimum absolute atomic E-state index is 0.0303. The van der Waals surface area contributed by atoms with Gasteiger partial charge in [-0.1, -0.05) is 50.1 Å². The first-order chi connectivity index (χ1) is 15.1. The first-order valence-corrected chi connectivity index (χ1v) is 11.6. The van der Waals surface area contributed by atoms with Crippen LogP contribution in [0.15, 0.2) is 48.8 Å². The molecular formula is C25H33N3O3. The Hall–Kier alpha value is -2.31. The number of rotatable bonds is 7. The standard InChI is InChI=1S/C25H33N3O3/c1-18(19-9-7-14-26-17-19)22(23-27-15-8-16-28-23)31-24(29)25(30,21-12-5-6-13-21)20-10-3-2-4-11-20/h2-4,8,10-11,15-16,18-19,21-22,26,30H,5-7,9,12-14,17H2,1H3/t18?,19-,22?,25?/m0/s1. The maximum Gasteiger partial charge on any atom is 0.343 e. The fourth-order valence-electron chi connectivity index (χ4n) is 5.19. The Bertz CT molecular complexity index is 836. The Morgan fingerprint density at radius 1 is 1.10 bits per heavy atom. The molecule has 2 N–H and O–H groups in total. The summed E-state index contributed by atoms with van der Waals surface area (Å²) in [5.41, 5.74) is -1.05. The number of hydrogen-bond acceptors (Lipinski definition) is 6. The number of benzene rings is 1. The lowest BCUT2D eigenvalue weighted by atomic mass is 9.79. The molecule has 4 rings (SSSR count). The molecule has 2 heterocycles. The van der Waals surface area contributed by atoms with Crippen LogP contribution in [0.4, 0.5) is 0 Å². The fraction of sp³-hybridized carbons (Fsp3) is 0.560. The van der Waals surface area contributed by atoms with Gasteiger partial charge in [-0.05, 0) is 56.3 Å². The van der Waals surface area contributed by atoms with Crippen molar-refractivity contribution in [2.24, 2.45) is 17.8 Å². The van der Waals surface area contributed by atoms with Crippen LogP contribution >= 0.6 is 0 Å². The molecule has 2 aliphatic rings. The molecule has 3 unspecified atom stereocenters. The number of ether oxygens (including phenoxy) is 1. The van der Waals surface area contributed by atoms with Crippen molar-refractivity contribution in [3.63, 3.8) is 0 Å². The molecule has 1 aliphatic heterocycles. The largest absolute Gasteiger partial charge is 0.451 e. The molecule has 1 aliphatic carbocycles. The number of hydrogen-bond donors (Lipinski definition) is 2. The van der Waals surface area contributed by atoms with E-state index in [-0.39, 0.29) is 11.8 Å². The Morgan fingerprint density at radius 3 is 2.45 bits per heavy atom. The topological polar surface area (TPSA) is 84.3 Å². The number of nitrogens with one attached hydrogen (secondary N) is 1. The van der Waals surface area contributed by atoms with Gasteiger partial charge in [0.15, 0.2) is 17.5 Å². The Labute approximate surface area is 184 Å². The summed E-state index contributed by atoms with van der Waals surface area (Å²) >= 11 is 0. The van der Waals surface area contributed by atoms with Crippen molar-refractivity contribution in [1.29, 1.82) is 0 Å². The highest BCUT2D eigenvalue weighted by molar-refractivity contribution is 5.82. The summed E-state index contributed by atoms with van der Waals surface area (Å²) in [6.07, 6.45) is 8.58. The predicted molar refractivity (Wildman–Crippen MR) is 118 cm³/mol. The van der Waals surface area contributed by atoms with Crippen molar-refractivity contribution in [3.8, 4) is 0 Å². The molecule has 1 saturated heterocycles. The van der Waals surface area contributed by atoms with Gasteiger partial charge in [-0.2, -0.15) is 0 Å². The SMILES string of the molecule is CC(C(OC(=O)C(O)(c1ccccc1)C1CCCC1)c1ncccn1)[C@H]1CCCNC1. The van der Waals surface area contributed by atoms with Crippen LogP contribution in [0.1, 0.15) is 62.9 Å². The summed E-state index contributed by atoms with van der Waals surface area (Å²) in [5.74, 6) is 0.148. The summed E-state index contributed by atoms with van der Waals surface area (Å²) < 4.78 is 6.14. The molecule has 6 nitrogen and oxygen atoms in total. The molecule has 2 aromatic rings. The highest BCUT2D eigenvalue weighted by atomic mass is 16.6. The lowest BCUT2D eigenvalue weighted by molar-refractivity contribution is -0.184. The molecule has 6 heteroatoms. The van der Waals surface area contributed by atoms with Crippen LogP contribution in [0.25, 0.3) is 0 Å². The molecule has 0 amide bonds. The summed E-state index contributed by atoms with van der Waals surface area (Å²) in [6.45, 7) is 4.00. The first-order valence-electron chi connectivity index (χ1n) is 11.6. The lowest BCUT2D eigenvalue weighted by Gasteiger charge is -2.37. The Kier molecular flexibility index (Phi) is 6.98. The predicted octanol–water partition coefficient (Wildman–Crippen LogP) is 3.77.